The Hall–Kier alpha value is -0.120. The number of ether oxygens (including phenoxy) is 1. The van der Waals surface area contributed by atoms with Gasteiger partial charge in [-0.05, 0) is 50.6 Å². The van der Waals surface area contributed by atoms with Crippen molar-refractivity contribution in [3.05, 3.63) is 0 Å². The fourth-order valence-electron chi connectivity index (χ4n) is 3.39. The third-order valence-electron chi connectivity index (χ3n) is 4.85. The minimum atomic E-state index is 0.451. The zero-order valence-corrected chi connectivity index (χ0v) is 12.2. The second kappa shape index (κ2) is 6.88. The van der Waals surface area contributed by atoms with Crippen LogP contribution in [0, 0.1) is 11.3 Å². The van der Waals surface area contributed by atoms with Gasteiger partial charge in [-0.2, -0.15) is 0 Å². The van der Waals surface area contributed by atoms with E-state index in [4.69, 9.17) is 4.74 Å². The minimum absolute atomic E-state index is 0.451. The van der Waals surface area contributed by atoms with Crippen molar-refractivity contribution in [3.63, 3.8) is 0 Å². The molecule has 2 aliphatic rings. The lowest BCUT2D eigenvalue weighted by atomic mass is 9.78. The Bertz CT molecular complexity index is 229. The van der Waals surface area contributed by atoms with Crippen LogP contribution in [0.5, 0.6) is 0 Å². The van der Waals surface area contributed by atoms with Crippen molar-refractivity contribution < 1.29 is 4.74 Å². The lowest BCUT2D eigenvalue weighted by Gasteiger charge is -2.42. The summed E-state index contributed by atoms with van der Waals surface area (Å²) in [6, 6.07) is 0. The zero-order valence-electron chi connectivity index (χ0n) is 12.2. The van der Waals surface area contributed by atoms with E-state index in [1.807, 2.05) is 0 Å². The van der Waals surface area contributed by atoms with Crippen molar-refractivity contribution in [2.75, 3.05) is 46.4 Å². The molecule has 0 radical (unpaired) electrons. The molecule has 0 aromatic heterocycles. The van der Waals surface area contributed by atoms with Crippen LogP contribution in [0.15, 0.2) is 0 Å². The van der Waals surface area contributed by atoms with E-state index < -0.39 is 0 Å². The highest BCUT2D eigenvalue weighted by Gasteiger charge is 2.34. The van der Waals surface area contributed by atoms with Crippen molar-refractivity contribution >= 4 is 0 Å². The van der Waals surface area contributed by atoms with Gasteiger partial charge in [0, 0.05) is 32.8 Å². The number of nitrogens with one attached hydrogen (secondary N) is 1. The van der Waals surface area contributed by atoms with Gasteiger partial charge >= 0.3 is 0 Å². The van der Waals surface area contributed by atoms with Crippen LogP contribution < -0.4 is 5.32 Å². The molecule has 0 bridgehead atoms. The van der Waals surface area contributed by atoms with Gasteiger partial charge in [0.05, 0.1) is 0 Å². The molecule has 3 nitrogen and oxygen atoms in total. The molecular weight excluding hydrogens is 224 g/mol. The molecule has 0 aromatic carbocycles. The maximum atomic E-state index is 5.55. The van der Waals surface area contributed by atoms with Crippen LogP contribution in [-0.2, 0) is 4.74 Å². The quantitative estimate of drug-likeness (QED) is 0.753. The molecule has 2 rings (SSSR count). The monoisotopic (exact) mass is 254 g/mol. The molecule has 106 valence electrons. The summed E-state index contributed by atoms with van der Waals surface area (Å²) in [5, 5.41) is 3.41. The van der Waals surface area contributed by atoms with Crippen LogP contribution in [0.3, 0.4) is 0 Å². The average molecular weight is 254 g/mol. The maximum Gasteiger partial charge on any atom is 0.0472 e. The van der Waals surface area contributed by atoms with Gasteiger partial charge in [-0.1, -0.05) is 13.3 Å². The highest BCUT2D eigenvalue weighted by Crippen LogP contribution is 2.33. The van der Waals surface area contributed by atoms with Crippen LogP contribution >= 0.6 is 0 Å². The average Bonchev–Trinajstić information content (AvgIpc) is 2.33. The second-order valence-electron chi connectivity index (χ2n) is 6.27. The van der Waals surface area contributed by atoms with Crippen molar-refractivity contribution in [2.24, 2.45) is 11.3 Å². The third kappa shape index (κ3) is 3.69. The SMILES string of the molecule is CCN(CC1CCC1)CC1(CNC)CCOCC1. The summed E-state index contributed by atoms with van der Waals surface area (Å²) in [6.07, 6.45) is 6.80. The highest BCUT2D eigenvalue weighted by atomic mass is 16.5. The molecule has 0 amide bonds. The number of hydrogen-bond donors (Lipinski definition) is 1. The first kappa shape index (κ1) is 14.3. The number of nitrogens with zero attached hydrogens (tertiary/aromatic N) is 1. The van der Waals surface area contributed by atoms with Crippen LogP contribution in [0.4, 0.5) is 0 Å². The standard InChI is InChI=1S/C15H30N2O/c1-3-17(11-14-5-4-6-14)13-15(12-16-2)7-9-18-10-8-15/h14,16H,3-13H2,1-2H3. The molecule has 0 aromatic rings. The van der Waals surface area contributed by atoms with Gasteiger partial charge in [0.25, 0.3) is 0 Å². The van der Waals surface area contributed by atoms with E-state index in [-0.39, 0.29) is 0 Å². The first-order valence-corrected chi connectivity index (χ1v) is 7.73. The van der Waals surface area contributed by atoms with Crippen molar-refractivity contribution in [1.29, 1.82) is 0 Å². The van der Waals surface area contributed by atoms with E-state index in [2.05, 4.69) is 24.2 Å². The molecular formula is C15H30N2O. The van der Waals surface area contributed by atoms with E-state index in [0.29, 0.717) is 5.41 Å². The Balaban J connectivity index is 1.87. The lowest BCUT2D eigenvalue weighted by Crippen LogP contribution is -2.48. The predicted molar refractivity (Wildman–Crippen MR) is 75.9 cm³/mol. The molecule has 1 heterocycles. The molecule has 1 aliphatic heterocycles. The van der Waals surface area contributed by atoms with Gasteiger partial charge in [0.2, 0.25) is 0 Å². The molecule has 1 N–H and O–H groups in total. The third-order valence-corrected chi connectivity index (χ3v) is 4.85. The summed E-state index contributed by atoms with van der Waals surface area (Å²) in [5.41, 5.74) is 0.451. The van der Waals surface area contributed by atoms with E-state index >= 15 is 0 Å². The van der Waals surface area contributed by atoms with Crippen molar-refractivity contribution in [3.8, 4) is 0 Å². The second-order valence-corrected chi connectivity index (χ2v) is 6.27. The van der Waals surface area contributed by atoms with Gasteiger partial charge in [-0.3, -0.25) is 0 Å². The molecule has 18 heavy (non-hydrogen) atoms. The number of hydrogen-bond acceptors (Lipinski definition) is 3. The van der Waals surface area contributed by atoms with Gasteiger partial charge in [-0.15, -0.1) is 0 Å². The molecule has 0 spiro atoms. The van der Waals surface area contributed by atoms with Gasteiger partial charge in [0.15, 0.2) is 0 Å². The summed E-state index contributed by atoms with van der Waals surface area (Å²) >= 11 is 0. The summed E-state index contributed by atoms with van der Waals surface area (Å²) in [5.74, 6) is 0.983. The van der Waals surface area contributed by atoms with Crippen LogP contribution in [0.2, 0.25) is 0 Å². The van der Waals surface area contributed by atoms with Crippen molar-refractivity contribution in [2.45, 2.75) is 39.0 Å². The molecule has 3 heteroatoms. The van der Waals surface area contributed by atoms with Gasteiger partial charge in [0.1, 0.15) is 0 Å². The topological polar surface area (TPSA) is 24.5 Å². The highest BCUT2D eigenvalue weighted by molar-refractivity contribution is 4.87. The Kier molecular flexibility index (Phi) is 5.46. The Morgan fingerprint density at radius 1 is 1.28 bits per heavy atom. The maximum absolute atomic E-state index is 5.55. The van der Waals surface area contributed by atoms with Crippen LogP contribution in [0.25, 0.3) is 0 Å². The molecule has 0 atom stereocenters. The van der Waals surface area contributed by atoms with E-state index in [1.165, 1.54) is 51.7 Å². The fraction of sp³-hybridized carbons (Fsp3) is 1.00. The van der Waals surface area contributed by atoms with Crippen LogP contribution in [-0.4, -0.2) is 51.3 Å². The zero-order chi connectivity index (χ0) is 12.8. The van der Waals surface area contributed by atoms with E-state index in [0.717, 1.165) is 25.7 Å². The summed E-state index contributed by atoms with van der Waals surface area (Å²) in [7, 11) is 2.08. The number of rotatable bonds is 7. The largest absolute Gasteiger partial charge is 0.381 e. The first-order valence-electron chi connectivity index (χ1n) is 7.73. The van der Waals surface area contributed by atoms with E-state index in [9.17, 15) is 0 Å². The smallest absolute Gasteiger partial charge is 0.0472 e. The minimum Gasteiger partial charge on any atom is -0.381 e. The predicted octanol–water partition coefficient (Wildman–Crippen LogP) is 2.12. The fourth-order valence-corrected chi connectivity index (χ4v) is 3.39. The van der Waals surface area contributed by atoms with Gasteiger partial charge in [-0.25, -0.2) is 0 Å². The van der Waals surface area contributed by atoms with Crippen LogP contribution in [0.1, 0.15) is 39.0 Å². The molecule has 1 aliphatic carbocycles. The first-order chi connectivity index (χ1) is 8.78. The lowest BCUT2D eigenvalue weighted by molar-refractivity contribution is -0.00696. The Labute approximate surface area is 112 Å². The van der Waals surface area contributed by atoms with Gasteiger partial charge < -0.3 is 15.0 Å². The summed E-state index contributed by atoms with van der Waals surface area (Å²) < 4.78 is 5.55. The van der Waals surface area contributed by atoms with Crippen molar-refractivity contribution in [1.82, 2.24) is 10.2 Å². The Morgan fingerprint density at radius 2 is 2.00 bits per heavy atom. The molecule has 1 saturated carbocycles. The van der Waals surface area contributed by atoms with E-state index in [1.54, 1.807) is 0 Å². The molecule has 2 fully saturated rings. The summed E-state index contributed by atoms with van der Waals surface area (Å²) in [6.45, 7) is 9.11. The summed E-state index contributed by atoms with van der Waals surface area (Å²) in [4.78, 5) is 2.69. The molecule has 0 unspecified atom stereocenters. The molecule has 1 saturated heterocycles. The Morgan fingerprint density at radius 3 is 2.50 bits per heavy atom. The normalized spacial score (nSPS) is 24.2.